The van der Waals surface area contributed by atoms with Crippen LogP contribution in [0.15, 0.2) is 24.3 Å². The Balaban J connectivity index is 2.62. The molecule has 0 saturated heterocycles. The smallest absolute Gasteiger partial charge is 0.227 e. The minimum Gasteiger partial charge on any atom is -0.326 e. The van der Waals surface area contributed by atoms with Gasteiger partial charge in [0.05, 0.1) is 0 Å². The zero-order valence-corrected chi connectivity index (χ0v) is 10.4. The summed E-state index contributed by atoms with van der Waals surface area (Å²) in [5.41, 5.74) is 1.46. The number of carbonyl (C=O) groups is 2. The molecule has 1 aromatic carbocycles. The van der Waals surface area contributed by atoms with Gasteiger partial charge in [-0.25, -0.2) is 0 Å². The Bertz CT molecular complexity index is 398. The summed E-state index contributed by atoms with van der Waals surface area (Å²) >= 11 is 0. The van der Waals surface area contributed by atoms with Crippen LogP contribution in [0.3, 0.4) is 0 Å². The number of carbonyl (C=O) groups excluding carboxylic acids is 2. The van der Waals surface area contributed by atoms with Crippen LogP contribution in [-0.2, 0) is 9.59 Å². The highest BCUT2D eigenvalue weighted by Crippen LogP contribution is 2.14. The first-order valence-corrected chi connectivity index (χ1v) is 5.71. The summed E-state index contributed by atoms with van der Waals surface area (Å²) in [6, 6.07) is 7.05. The van der Waals surface area contributed by atoms with Gasteiger partial charge in [0.25, 0.3) is 0 Å². The van der Waals surface area contributed by atoms with E-state index in [0.29, 0.717) is 0 Å². The van der Waals surface area contributed by atoms with Crippen molar-refractivity contribution in [2.24, 2.45) is 5.92 Å². The molecule has 0 aromatic heterocycles. The van der Waals surface area contributed by atoms with Crippen molar-refractivity contribution in [2.45, 2.75) is 27.2 Å². The van der Waals surface area contributed by atoms with Crippen molar-refractivity contribution < 1.29 is 9.59 Å². The van der Waals surface area contributed by atoms with E-state index in [2.05, 4.69) is 10.6 Å². The van der Waals surface area contributed by atoms with Crippen LogP contribution in [0.25, 0.3) is 0 Å². The van der Waals surface area contributed by atoms with Crippen molar-refractivity contribution >= 4 is 23.2 Å². The molecule has 1 unspecified atom stereocenters. The van der Waals surface area contributed by atoms with Crippen LogP contribution in [0.1, 0.15) is 27.2 Å². The SMILES string of the molecule is CCC(C)C(=O)Nc1ccc(NC(C)=O)cc1. The Kier molecular flexibility index (Phi) is 4.69. The molecular formula is C13H18N2O2. The molecule has 92 valence electrons. The number of hydrogen-bond donors (Lipinski definition) is 2. The van der Waals surface area contributed by atoms with Crippen molar-refractivity contribution in [3.63, 3.8) is 0 Å². The van der Waals surface area contributed by atoms with Crippen molar-refractivity contribution in [1.29, 1.82) is 0 Å². The maximum Gasteiger partial charge on any atom is 0.227 e. The molecule has 1 atom stereocenters. The van der Waals surface area contributed by atoms with E-state index in [1.807, 2.05) is 13.8 Å². The standard InChI is InChI=1S/C13H18N2O2/c1-4-9(2)13(17)15-12-7-5-11(6-8-12)14-10(3)16/h5-9H,4H2,1-3H3,(H,14,16)(H,15,17). The molecule has 0 radical (unpaired) electrons. The molecule has 0 saturated carbocycles. The van der Waals surface area contributed by atoms with Crippen molar-refractivity contribution in [3.05, 3.63) is 24.3 Å². The maximum absolute atomic E-state index is 11.6. The molecule has 0 spiro atoms. The highest BCUT2D eigenvalue weighted by atomic mass is 16.2. The lowest BCUT2D eigenvalue weighted by molar-refractivity contribution is -0.119. The van der Waals surface area contributed by atoms with Crippen LogP contribution < -0.4 is 10.6 Å². The molecule has 1 rings (SSSR count). The lowest BCUT2D eigenvalue weighted by Gasteiger charge is -2.10. The fourth-order valence-electron chi connectivity index (χ4n) is 1.29. The Morgan fingerprint density at radius 3 is 2.00 bits per heavy atom. The second-order valence-electron chi connectivity index (χ2n) is 4.06. The lowest BCUT2D eigenvalue weighted by Crippen LogP contribution is -2.19. The molecule has 0 aliphatic rings. The molecule has 0 bridgehead atoms. The third kappa shape index (κ3) is 4.26. The summed E-state index contributed by atoms with van der Waals surface area (Å²) in [5, 5.41) is 5.49. The third-order valence-electron chi connectivity index (χ3n) is 2.53. The number of amides is 2. The molecular weight excluding hydrogens is 216 g/mol. The molecule has 0 heterocycles. The number of benzene rings is 1. The van der Waals surface area contributed by atoms with E-state index < -0.39 is 0 Å². The van der Waals surface area contributed by atoms with Gasteiger partial charge < -0.3 is 10.6 Å². The van der Waals surface area contributed by atoms with Gasteiger partial charge in [0.15, 0.2) is 0 Å². The van der Waals surface area contributed by atoms with Crippen molar-refractivity contribution in [3.8, 4) is 0 Å². The van der Waals surface area contributed by atoms with Gasteiger partial charge in [-0.2, -0.15) is 0 Å². The molecule has 17 heavy (non-hydrogen) atoms. The molecule has 1 aromatic rings. The normalized spacial score (nSPS) is 11.7. The van der Waals surface area contributed by atoms with Gasteiger partial charge in [0.1, 0.15) is 0 Å². The first kappa shape index (κ1) is 13.2. The summed E-state index contributed by atoms with van der Waals surface area (Å²) < 4.78 is 0. The molecule has 0 fully saturated rings. The van der Waals surface area contributed by atoms with E-state index in [1.54, 1.807) is 24.3 Å². The van der Waals surface area contributed by atoms with Gasteiger partial charge in [-0.1, -0.05) is 13.8 Å². The zero-order valence-electron chi connectivity index (χ0n) is 10.4. The second kappa shape index (κ2) is 6.03. The predicted octanol–water partition coefficient (Wildman–Crippen LogP) is 2.63. The minimum atomic E-state index is -0.110. The van der Waals surface area contributed by atoms with E-state index >= 15 is 0 Å². The van der Waals surface area contributed by atoms with Gasteiger partial charge in [-0.15, -0.1) is 0 Å². The molecule has 0 aliphatic carbocycles. The predicted molar refractivity (Wildman–Crippen MR) is 68.8 cm³/mol. The van der Waals surface area contributed by atoms with Crippen LogP contribution in [0, 0.1) is 5.92 Å². The van der Waals surface area contributed by atoms with Crippen molar-refractivity contribution in [2.75, 3.05) is 10.6 Å². The quantitative estimate of drug-likeness (QED) is 0.841. The Morgan fingerprint density at radius 1 is 1.12 bits per heavy atom. The minimum absolute atomic E-state index is 0.00465. The van der Waals surface area contributed by atoms with Gasteiger partial charge in [0, 0.05) is 24.2 Å². The molecule has 0 aliphatic heterocycles. The summed E-state index contributed by atoms with van der Waals surface area (Å²) in [6.07, 6.45) is 0.815. The summed E-state index contributed by atoms with van der Waals surface area (Å²) in [7, 11) is 0. The molecule has 2 N–H and O–H groups in total. The maximum atomic E-state index is 11.6. The topological polar surface area (TPSA) is 58.2 Å². The molecule has 2 amide bonds. The highest BCUT2D eigenvalue weighted by Gasteiger charge is 2.10. The summed E-state index contributed by atoms with van der Waals surface area (Å²) in [4.78, 5) is 22.4. The largest absolute Gasteiger partial charge is 0.326 e. The van der Waals surface area contributed by atoms with Gasteiger partial charge in [0.2, 0.25) is 11.8 Å². The number of hydrogen-bond acceptors (Lipinski definition) is 2. The first-order chi connectivity index (χ1) is 8.02. The fourth-order valence-corrected chi connectivity index (χ4v) is 1.29. The van der Waals surface area contributed by atoms with Crippen LogP contribution >= 0.6 is 0 Å². The van der Waals surface area contributed by atoms with E-state index in [-0.39, 0.29) is 17.7 Å². The zero-order chi connectivity index (χ0) is 12.8. The van der Waals surface area contributed by atoms with Crippen LogP contribution in [0.4, 0.5) is 11.4 Å². The van der Waals surface area contributed by atoms with Crippen molar-refractivity contribution in [1.82, 2.24) is 0 Å². The Morgan fingerprint density at radius 2 is 1.59 bits per heavy atom. The van der Waals surface area contributed by atoms with Gasteiger partial charge in [-0.05, 0) is 30.7 Å². The van der Waals surface area contributed by atoms with Gasteiger partial charge in [-0.3, -0.25) is 9.59 Å². The lowest BCUT2D eigenvalue weighted by atomic mass is 10.1. The van der Waals surface area contributed by atoms with Crippen LogP contribution in [-0.4, -0.2) is 11.8 Å². The first-order valence-electron chi connectivity index (χ1n) is 5.71. The van der Waals surface area contributed by atoms with Gasteiger partial charge >= 0.3 is 0 Å². The van der Waals surface area contributed by atoms with Crippen LogP contribution in [0.2, 0.25) is 0 Å². The molecule has 4 heteroatoms. The van der Waals surface area contributed by atoms with E-state index in [1.165, 1.54) is 6.92 Å². The highest BCUT2D eigenvalue weighted by molar-refractivity contribution is 5.93. The van der Waals surface area contributed by atoms with E-state index in [0.717, 1.165) is 17.8 Å². The van der Waals surface area contributed by atoms with E-state index in [4.69, 9.17) is 0 Å². The average Bonchev–Trinajstić information content (AvgIpc) is 2.30. The Hall–Kier alpha value is -1.84. The van der Waals surface area contributed by atoms with E-state index in [9.17, 15) is 9.59 Å². The Labute approximate surface area is 101 Å². The molecule has 4 nitrogen and oxygen atoms in total. The number of anilines is 2. The second-order valence-corrected chi connectivity index (χ2v) is 4.06. The summed E-state index contributed by atoms with van der Waals surface area (Å²) in [5.74, 6) is -0.0915. The monoisotopic (exact) mass is 234 g/mol. The third-order valence-corrected chi connectivity index (χ3v) is 2.53. The summed E-state index contributed by atoms with van der Waals surface area (Å²) in [6.45, 7) is 5.32. The fraction of sp³-hybridized carbons (Fsp3) is 0.385. The van der Waals surface area contributed by atoms with Crippen LogP contribution in [0.5, 0.6) is 0 Å². The average molecular weight is 234 g/mol. The number of rotatable bonds is 4. The number of nitrogens with one attached hydrogen (secondary N) is 2.